The van der Waals surface area contributed by atoms with Crippen molar-refractivity contribution >= 4 is 5.96 Å². The molecule has 1 unspecified atom stereocenters. The SMILES string of the molecule is CN(C)CCN1C(N)=NCC1C1CCCC1. The molecule has 1 saturated carbocycles. The quantitative estimate of drug-likeness (QED) is 0.766. The maximum absolute atomic E-state index is 5.98. The highest BCUT2D eigenvalue weighted by Crippen LogP contribution is 2.32. The van der Waals surface area contributed by atoms with Crippen LogP contribution in [0.15, 0.2) is 4.99 Å². The summed E-state index contributed by atoms with van der Waals surface area (Å²) < 4.78 is 0. The highest BCUT2D eigenvalue weighted by Gasteiger charge is 2.33. The normalized spacial score (nSPS) is 26.8. The van der Waals surface area contributed by atoms with E-state index in [4.69, 9.17) is 5.73 Å². The molecule has 1 aliphatic heterocycles. The predicted molar refractivity (Wildman–Crippen MR) is 67.5 cm³/mol. The molecule has 2 aliphatic rings. The fraction of sp³-hybridized carbons (Fsp3) is 0.917. The summed E-state index contributed by atoms with van der Waals surface area (Å²) in [6.07, 6.45) is 5.52. The van der Waals surface area contributed by atoms with Crippen LogP contribution >= 0.6 is 0 Å². The minimum Gasteiger partial charge on any atom is -0.370 e. The molecule has 0 aromatic rings. The van der Waals surface area contributed by atoms with Gasteiger partial charge < -0.3 is 15.5 Å². The first kappa shape index (κ1) is 11.7. The third kappa shape index (κ3) is 2.48. The van der Waals surface area contributed by atoms with Gasteiger partial charge in [-0.05, 0) is 32.9 Å². The summed E-state index contributed by atoms with van der Waals surface area (Å²) in [4.78, 5) is 8.96. The van der Waals surface area contributed by atoms with Crippen LogP contribution in [0.1, 0.15) is 25.7 Å². The van der Waals surface area contributed by atoms with E-state index < -0.39 is 0 Å². The van der Waals surface area contributed by atoms with Gasteiger partial charge in [-0.1, -0.05) is 12.8 Å². The van der Waals surface area contributed by atoms with Crippen molar-refractivity contribution in [2.45, 2.75) is 31.7 Å². The molecule has 0 saturated heterocycles. The van der Waals surface area contributed by atoms with Crippen molar-refractivity contribution in [1.82, 2.24) is 9.80 Å². The second-order valence-electron chi connectivity index (χ2n) is 5.31. The third-order valence-electron chi connectivity index (χ3n) is 3.87. The molecular weight excluding hydrogens is 200 g/mol. The number of aliphatic imine (C=N–C) groups is 1. The average molecular weight is 224 g/mol. The zero-order valence-corrected chi connectivity index (χ0v) is 10.5. The van der Waals surface area contributed by atoms with Crippen molar-refractivity contribution in [2.75, 3.05) is 33.7 Å². The first-order chi connectivity index (χ1) is 7.68. The van der Waals surface area contributed by atoms with Gasteiger partial charge in [-0.25, -0.2) is 0 Å². The monoisotopic (exact) mass is 224 g/mol. The van der Waals surface area contributed by atoms with Crippen molar-refractivity contribution in [3.8, 4) is 0 Å². The lowest BCUT2D eigenvalue weighted by Gasteiger charge is -2.31. The Kier molecular flexibility index (Phi) is 3.69. The van der Waals surface area contributed by atoms with E-state index in [9.17, 15) is 0 Å². The molecule has 0 radical (unpaired) electrons. The molecule has 16 heavy (non-hydrogen) atoms. The Morgan fingerprint density at radius 1 is 1.38 bits per heavy atom. The van der Waals surface area contributed by atoms with Crippen LogP contribution in [0.3, 0.4) is 0 Å². The zero-order valence-electron chi connectivity index (χ0n) is 10.5. The van der Waals surface area contributed by atoms with Gasteiger partial charge in [0.2, 0.25) is 0 Å². The van der Waals surface area contributed by atoms with E-state index in [1.165, 1.54) is 25.7 Å². The minimum atomic E-state index is 0.586. The number of likely N-dealkylation sites (N-methyl/N-ethyl adjacent to an activating group) is 1. The molecule has 4 heteroatoms. The van der Waals surface area contributed by atoms with Crippen molar-refractivity contribution < 1.29 is 0 Å². The van der Waals surface area contributed by atoms with Crippen molar-refractivity contribution in [1.29, 1.82) is 0 Å². The van der Waals surface area contributed by atoms with Gasteiger partial charge in [-0.3, -0.25) is 4.99 Å². The molecule has 0 aromatic heterocycles. The lowest BCUT2D eigenvalue weighted by molar-refractivity contribution is 0.231. The van der Waals surface area contributed by atoms with E-state index in [1.807, 2.05) is 0 Å². The lowest BCUT2D eigenvalue weighted by atomic mass is 9.97. The highest BCUT2D eigenvalue weighted by molar-refractivity contribution is 5.80. The molecule has 0 bridgehead atoms. The summed E-state index contributed by atoms with van der Waals surface area (Å²) >= 11 is 0. The molecule has 4 nitrogen and oxygen atoms in total. The summed E-state index contributed by atoms with van der Waals surface area (Å²) in [7, 11) is 4.21. The summed E-state index contributed by atoms with van der Waals surface area (Å²) in [6, 6.07) is 0.586. The van der Waals surface area contributed by atoms with Crippen LogP contribution in [0.2, 0.25) is 0 Å². The maximum atomic E-state index is 5.98. The first-order valence-electron chi connectivity index (χ1n) is 6.40. The van der Waals surface area contributed by atoms with Crippen LogP contribution in [-0.4, -0.2) is 55.5 Å². The Balaban J connectivity index is 1.92. The maximum Gasteiger partial charge on any atom is 0.191 e. The number of nitrogens with two attached hydrogens (primary N) is 1. The molecule has 2 N–H and O–H groups in total. The average Bonchev–Trinajstić information content (AvgIpc) is 2.83. The van der Waals surface area contributed by atoms with Crippen LogP contribution < -0.4 is 5.73 Å². The fourth-order valence-electron chi connectivity index (χ4n) is 2.88. The van der Waals surface area contributed by atoms with Crippen LogP contribution in [0, 0.1) is 5.92 Å². The van der Waals surface area contributed by atoms with E-state index in [1.54, 1.807) is 0 Å². The molecule has 1 heterocycles. The van der Waals surface area contributed by atoms with Gasteiger partial charge in [0.1, 0.15) is 0 Å². The van der Waals surface area contributed by atoms with Crippen LogP contribution in [-0.2, 0) is 0 Å². The predicted octanol–water partition coefficient (Wildman–Crippen LogP) is 0.737. The molecular formula is C12H24N4. The Morgan fingerprint density at radius 2 is 2.06 bits per heavy atom. The number of rotatable bonds is 4. The summed E-state index contributed by atoms with van der Waals surface area (Å²) in [5, 5.41) is 0. The second-order valence-corrected chi connectivity index (χ2v) is 5.31. The molecule has 0 spiro atoms. The second kappa shape index (κ2) is 5.04. The Morgan fingerprint density at radius 3 is 2.69 bits per heavy atom. The molecule has 1 fully saturated rings. The van der Waals surface area contributed by atoms with E-state index in [0.29, 0.717) is 6.04 Å². The summed E-state index contributed by atoms with van der Waals surface area (Å²) in [5.74, 6) is 1.59. The van der Waals surface area contributed by atoms with E-state index in [0.717, 1.165) is 31.5 Å². The topological polar surface area (TPSA) is 44.9 Å². The standard InChI is InChI=1S/C12H24N4/c1-15(2)7-8-16-11(9-14-12(16)13)10-5-3-4-6-10/h10-11H,3-9H2,1-2H3,(H2,13,14). The molecule has 2 rings (SSSR count). The zero-order chi connectivity index (χ0) is 11.5. The number of nitrogens with zero attached hydrogens (tertiary/aromatic N) is 3. The minimum absolute atomic E-state index is 0.586. The van der Waals surface area contributed by atoms with E-state index in [2.05, 4.69) is 28.9 Å². The first-order valence-corrected chi connectivity index (χ1v) is 6.40. The lowest BCUT2D eigenvalue weighted by Crippen LogP contribution is -2.46. The Bertz CT molecular complexity index is 256. The third-order valence-corrected chi connectivity index (χ3v) is 3.87. The largest absolute Gasteiger partial charge is 0.370 e. The molecule has 0 aromatic carbocycles. The number of guanidine groups is 1. The van der Waals surface area contributed by atoms with Crippen molar-refractivity contribution in [2.24, 2.45) is 16.6 Å². The smallest absolute Gasteiger partial charge is 0.191 e. The molecule has 1 atom stereocenters. The Labute approximate surface area is 98.5 Å². The van der Waals surface area contributed by atoms with Gasteiger partial charge >= 0.3 is 0 Å². The Hall–Kier alpha value is -0.770. The number of hydrogen-bond acceptors (Lipinski definition) is 4. The van der Waals surface area contributed by atoms with Crippen LogP contribution in [0.25, 0.3) is 0 Å². The van der Waals surface area contributed by atoms with Crippen molar-refractivity contribution in [3.05, 3.63) is 0 Å². The van der Waals surface area contributed by atoms with Gasteiger partial charge in [-0.15, -0.1) is 0 Å². The summed E-state index contributed by atoms with van der Waals surface area (Å²) in [5.41, 5.74) is 5.98. The van der Waals surface area contributed by atoms with Gasteiger partial charge in [0.05, 0.1) is 12.6 Å². The van der Waals surface area contributed by atoms with Crippen molar-refractivity contribution in [3.63, 3.8) is 0 Å². The van der Waals surface area contributed by atoms with E-state index in [-0.39, 0.29) is 0 Å². The van der Waals surface area contributed by atoms with Crippen LogP contribution in [0.4, 0.5) is 0 Å². The van der Waals surface area contributed by atoms with Gasteiger partial charge in [0.25, 0.3) is 0 Å². The molecule has 0 amide bonds. The molecule has 92 valence electrons. The van der Waals surface area contributed by atoms with E-state index >= 15 is 0 Å². The number of hydrogen-bond donors (Lipinski definition) is 1. The molecule has 1 aliphatic carbocycles. The van der Waals surface area contributed by atoms with Gasteiger partial charge in [0, 0.05) is 13.1 Å². The van der Waals surface area contributed by atoms with Crippen LogP contribution in [0.5, 0.6) is 0 Å². The van der Waals surface area contributed by atoms with Gasteiger partial charge in [-0.2, -0.15) is 0 Å². The van der Waals surface area contributed by atoms with Gasteiger partial charge in [0.15, 0.2) is 5.96 Å². The summed E-state index contributed by atoms with van der Waals surface area (Å²) in [6.45, 7) is 2.99. The highest BCUT2D eigenvalue weighted by atomic mass is 15.3. The fourth-order valence-corrected chi connectivity index (χ4v) is 2.88.